The summed E-state index contributed by atoms with van der Waals surface area (Å²) in [4.78, 5) is -2.46. The van der Waals surface area contributed by atoms with Crippen LogP contribution in [0, 0.1) is 0 Å². The molecule has 0 saturated heterocycles. The molecule has 0 N–H and O–H groups in total. The molecular formula is C4H9Cl2OPS. The monoisotopic (exact) mass is 206 g/mol. The highest BCUT2D eigenvalue weighted by atomic mass is 35.9. The maximum atomic E-state index is 5.48. The van der Waals surface area contributed by atoms with Crippen molar-refractivity contribution in [3.05, 3.63) is 0 Å². The Morgan fingerprint density at radius 3 is 2.22 bits per heavy atom. The van der Waals surface area contributed by atoms with Gasteiger partial charge in [-0.2, -0.15) is 0 Å². The van der Waals surface area contributed by atoms with Crippen molar-refractivity contribution in [3.63, 3.8) is 0 Å². The predicted molar refractivity (Wildman–Crippen MR) is 46.8 cm³/mol. The Morgan fingerprint density at radius 2 is 2.11 bits per heavy atom. The molecule has 1 nitrogen and oxygen atoms in total. The first-order valence-corrected chi connectivity index (χ1v) is 7.16. The maximum Gasteiger partial charge on any atom is 0.240 e. The summed E-state index contributed by atoms with van der Waals surface area (Å²) in [5.41, 5.74) is 0. The zero-order chi connectivity index (χ0) is 7.49. The van der Waals surface area contributed by atoms with Crippen molar-refractivity contribution in [2.75, 3.05) is 0 Å². The molecule has 1 atom stereocenters. The highest BCUT2D eigenvalue weighted by Crippen LogP contribution is 2.59. The standard InChI is InChI=1S/C4H9Cl2OPS/c1-3-4(2)7-8(5,6)9/h4H,3H2,1-2H3. The Bertz CT molecular complexity index is 124. The third-order valence-corrected chi connectivity index (χ3v) is 2.22. The van der Waals surface area contributed by atoms with Crippen molar-refractivity contribution in [3.8, 4) is 0 Å². The zero-order valence-corrected chi connectivity index (χ0v) is 8.53. The quantitative estimate of drug-likeness (QED) is 0.655. The lowest BCUT2D eigenvalue weighted by atomic mass is 10.3. The van der Waals surface area contributed by atoms with E-state index in [0.717, 1.165) is 6.42 Å². The molecule has 0 aliphatic carbocycles. The fraction of sp³-hybridized carbons (Fsp3) is 1.00. The molecule has 0 spiro atoms. The molecule has 0 aromatic rings. The van der Waals surface area contributed by atoms with Crippen molar-refractivity contribution in [1.29, 1.82) is 0 Å². The maximum absolute atomic E-state index is 5.48. The van der Waals surface area contributed by atoms with Crippen LogP contribution in [0.15, 0.2) is 0 Å². The average molecular weight is 207 g/mol. The summed E-state index contributed by atoms with van der Waals surface area (Å²) in [6, 6.07) is 0. The summed E-state index contributed by atoms with van der Waals surface area (Å²) >= 11 is 15.6. The van der Waals surface area contributed by atoms with Crippen LogP contribution in [-0.2, 0) is 16.3 Å². The fourth-order valence-corrected chi connectivity index (χ4v) is 2.11. The van der Waals surface area contributed by atoms with Gasteiger partial charge in [-0.25, -0.2) is 0 Å². The number of rotatable bonds is 3. The highest BCUT2D eigenvalue weighted by molar-refractivity contribution is 8.36. The van der Waals surface area contributed by atoms with Crippen LogP contribution in [0.4, 0.5) is 0 Å². The largest absolute Gasteiger partial charge is 0.324 e. The molecule has 0 aromatic carbocycles. The first-order valence-electron chi connectivity index (χ1n) is 2.63. The fourth-order valence-electron chi connectivity index (χ4n) is 0.284. The van der Waals surface area contributed by atoms with E-state index in [2.05, 4.69) is 11.8 Å². The molecule has 0 aliphatic heterocycles. The third kappa shape index (κ3) is 7.08. The van der Waals surface area contributed by atoms with Gasteiger partial charge < -0.3 is 4.52 Å². The second-order valence-electron chi connectivity index (χ2n) is 1.74. The van der Waals surface area contributed by atoms with Crippen molar-refractivity contribution in [1.82, 2.24) is 0 Å². The van der Waals surface area contributed by atoms with E-state index in [0.29, 0.717) is 0 Å². The smallest absolute Gasteiger partial charge is 0.240 e. The van der Waals surface area contributed by atoms with Crippen LogP contribution in [0.2, 0.25) is 0 Å². The molecule has 0 aliphatic rings. The summed E-state index contributed by atoms with van der Waals surface area (Å²) < 4.78 is 5.04. The molecule has 0 aromatic heterocycles. The van der Waals surface area contributed by atoms with Gasteiger partial charge in [-0.15, -0.1) is 0 Å². The Balaban J connectivity index is 3.60. The second kappa shape index (κ2) is 4.15. The van der Waals surface area contributed by atoms with Crippen molar-refractivity contribution in [2.45, 2.75) is 26.4 Å². The van der Waals surface area contributed by atoms with Gasteiger partial charge in [0.15, 0.2) is 0 Å². The minimum absolute atomic E-state index is 0.0748. The second-order valence-corrected chi connectivity index (χ2v) is 8.90. The van der Waals surface area contributed by atoms with Crippen LogP contribution in [0.1, 0.15) is 20.3 Å². The molecule has 0 fully saturated rings. The van der Waals surface area contributed by atoms with Crippen LogP contribution in [0.5, 0.6) is 0 Å². The highest BCUT2D eigenvalue weighted by Gasteiger charge is 2.11. The molecule has 56 valence electrons. The zero-order valence-electron chi connectivity index (χ0n) is 5.30. The van der Waals surface area contributed by atoms with Crippen molar-refractivity contribution < 1.29 is 4.52 Å². The van der Waals surface area contributed by atoms with E-state index in [1.165, 1.54) is 0 Å². The Kier molecular flexibility index (Phi) is 4.70. The van der Waals surface area contributed by atoms with Gasteiger partial charge in [-0.05, 0) is 47.6 Å². The van der Waals surface area contributed by atoms with E-state index in [4.69, 9.17) is 27.0 Å². The van der Waals surface area contributed by atoms with Gasteiger partial charge in [-0.3, -0.25) is 0 Å². The molecule has 9 heavy (non-hydrogen) atoms. The van der Waals surface area contributed by atoms with Gasteiger partial charge in [0.25, 0.3) is 0 Å². The molecule has 0 rings (SSSR count). The lowest BCUT2D eigenvalue weighted by Gasteiger charge is -2.12. The van der Waals surface area contributed by atoms with E-state index in [-0.39, 0.29) is 6.10 Å². The van der Waals surface area contributed by atoms with Crippen LogP contribution < -0.4 is 0 Å². The summed E-state index contributed by atoms with van der Waals surface area (Å²) in [7, 11) is 0. The topological polar surface area (TPSA) is 9.23 Å². The molecular weight excluding hydrogens is 198 g/mol. The first-order chi connectivity index (χ1) is 3.95. The minimum Gasteiger partial charge on any atom is -0.324 e. The van der Waals surface area contributed by atoms with Crippen LogP contribution in [0.25, 0.3) is 0 Å². The van der Waals surface area contributed by atoms with E-state index in [1.54, 1.807) is 0 Å². The number of halogens is 2. The van der Waals surface area contributed by atoms with Crippen LogP contribution in [-0.4, -0.2) is 6.10 Å². The van der Waals surface area contributed by atoms with Crippen LogP contribution >= 0.6 is 27.5 Å². The Hall–Kier alpha value is 1.19. The molecule has 5 heteroatoms. The normalized spacial score (nSPS) is 15.6. The van der Waals surface area contributed by atoms with Crippen LogP contribution in [0.3, 0.4) is 0 Å². The SMILES string of the molecule is CCC(C)OP(=S)(Cl)Cl. The van der Waals surface area contributed by atoms with E-state index in [1.807, 2.05) is 13.8 Å². The average Bonchev–Trinajstić information content (AvgIpc) is 1.62. The molecule has 0 bridgehead atoms. The Labute approximate surface area is 70.3 Å². The van der Waals surface area contributed by atoms with Crippen molar-refractivity contribution in [2.24, 2.45) is 0 Å². The lowest BCUT2D eigenvalue weighted by Crippen LogP contribution is -1.99. The van der Waals surface area contributed by atoms with Gasteiger partial charge in [-0.1, -0.05) is 6.92 Å². The third-order valence-electron chi connectivity index (χ3n) is 0.878. The molecule has 0 heterocycles. The summed E-state index contributed by atoms with van der Waals surface area (Å²) in [5.74, 6) is 0. The number of hydrogen-bond acceptors (Lipinski definition) is 2. The van der Waals surface area contributed by atoms with E-state index in [9.17, 15) is 0 Å². The molecule has 0 saturated carbocycles. The van der Waals surface area contributed by atoms with E-state index < -0.39 is 4.97 Å². The van der Waals surface area contributed by atoms with Gasteiger partial charge in [0, 0.05) is 0 Å². The van der Waals surface area contributed by atoms with Gasteiger partial charge in [0.1, 0.15) is 0 Å². The van der Waals surface area contributed by atoms with E-state index >= 15 is 0 Å². The van der Waals surface area contributed by atoms with Crippen molar-refractivity contribution >= 4 is 39.3 Å². The minimum atomic E-state index is -2.46. The summed E-state index contributed by atoms with van der Waals surface area (Å²) in [6.07, 6.45) is 0.962. The summed E-state index contributed by atoms with van der Waals surface area (Å²) in [6.45, 7) is 3.88. The molecule has 0 radical (unpaired) electrons. The van der Waals surface area contributed by atoms with Gasteiger partial charge in [0.05, 0.1) is 6.10 Å². The molecule has 0 amide bonds. The summed E-state index contributed by atoms with van der Waals surface area (Å²) in [5, 5.41) is 0. The molecule has 1 unspecified atom stereocenters. The lowest BCUT2D eigenvalue weighted by molar-refractivity contribution is 0.252. The predicted octanol–water partition coefficient (Wildman–Crippen LogP) is 3.50. The van der Waals surface area contributed by atoms with Gasteiger partial charge >= 0.3 is 0 Å². The Morgan fingerprint density at radius 1 is 1.67 bits per heavy atom. The number of hydrogen-bond donors (Lipinski definition) is 0. The first kappa shape index (κ1) is 10.2. The van der Waals surface area contributed by atoms with Gasteiger partial charge in [0.2, 0.25) is 4.97 Å².